The monoisotopic (exact) mass is 318 g/mol. The molecular weight excluding hydrogens is 296 g/mol. The Morgan fingerprint density at radius 2 is 1.86 bits per heavy atom. The van der Waals surface area contributed by atoms with Crippen LogP contribution in [0.3, 0.4) is 0 Å². The molecule has 0 spiro atoms. The third-order valence-corrected chi connectivity index (χ3v) is 4.44. The molecule has 0 saturated carbocycles. The Labute approximate surface area is 135 Å². The van der Waals surface area contributed by atoms with Gasteiger partial charge in [-0.15, -0.1) is 10.2 Å². The van der Waals surface area contributed by atoms with Gasteiger partial charge in [-0.3, -0.25) is 4.79 Å². The van der Waals surface area contributed by atoms with Gasteiger partial charge in [0.2, 0.25) is 5.91 Å². The van der Waals surface area contributed by atoms with Crippen molar-refractivity contribution in [2.24, 2.45) is 7.05 Å². The van der Waals surface area contributed by atoms with Crippen molar-refractivity contribution in [3.05, 3.63) is 35.7 Å². The topological polar surface area (TPSA) is 59.8 Å². The van der Waals surface area contributed by atoms with Crippen molar-refractivity contribution >= 4 is 23.4 Å². The Bertz CT molecular complexity index is 656. The van der Waals surface area contributed by atoms with E-state index in [1.165, 1.54) is 17.3 Å². The summed E-state index contributed by atoms with van der Waals surface area (Å²) in [6.07, 6.45) is 0. The fraction of sp³-hybridized carbons (Fsp3) is 0.438. The lowest BCUT2D eigenvalue weighted by Crippen LogP contribution is -2.15. The van der Waals surface area contributed by atoms with E-state index in [0.717, 1.165) is 16.7 Å². The summed E-state index contributed by atoms with van der Waals surface area (Å²) < 4.78 is 1.87. The maximum absolute atomic E-state index is 12.0. The van der Waals surface area contributed by atoms with Crippen molar-refractivity contribution in [2.45, 2.75) is 38.3 Å². The van der Waals surface area contributed by atoms with Crippen molar-refractivity contribution in [3.63, 3.8) is 0 Å². The smallest absolute Gasteiger partial charge is 0.234 e. The summed E-state index contributed by atoms with van der Waals surface area (Å²) in [6, 6.07) is 7.98. The highest BCUT2D eigenvalue weighted by Crippen LogP contribution is 2.23. The van der Waals surface area contributed by atoms with Crippen molar-refractivity contribution in [1.29, 1.82) is 0 Å². The van der Waals surface area contributed by atoms with Crippen molar-refractivity contribution < 1.29 is 4.79 Å². The number of aryl methyl sites for hydroxylation is 1. The normalized spacial score (nSPS) is 11.5. The predicted octanol–water partition coefficient (Wildman–Crippen LogP) is 3.15. The Morgan fingerprint density at radius 3 is 2.36 bits per heavy atom. The van der Waals surface area contributed by atoms with E-state index in [4.69, 9.17) is 0 Å². The van der Waals surface area contributed by atoms with Crippen LogP contribution in [0.5, 0.6) is 0 Å². The molecule has 22 heavy (non-hydrogen) atoms. The molecule has 0 bridgehead atoms. The van der Waals surface area contributed by atoms with E-state index in [2.05, 4.69) is 48.4 Å². The lowest BCUT2D eigenvalue weighted by Gasteiger charge is -2.19. The first-order valence-electron chi connectivity index (χ1n) is 7.16. The molecule has 118 valence electrons. The number of rotatable bonds is 4. The van der Waals surface area contributed by atoms with Crippen molar-refractivity contribution in [2.75, 3.05) is 11.1 Å². The number of anilines is 1. The number of thioether (sulfide) groups is 1. The summed E-state index contributed by atoms with van der Waals surface area (Å²) in [5.41, 5.74) is 2.17. The molecule has 0 radical (unpaired) electrons. The number of amides is 1. The Kier molecular flexibility index (Phi) is 4.90. The number of carbonyl (C=O) groups is 1. The Balaban J connectivity index is 1.91. The molecule has 1 aromatic carbocycles. The third kappa shape index (κ3) is 4.10. The quantitative estimate of drug-likeness (QED) is 0.880. The van der Waals surface area contributed by atoms with Gasteiger partial charge in [-0.05, 0) is 30.0 Å². The van der Waals surface area contributed by atoms with Crippen LogP contribution in [0.4, 0.5) is 5.69 Å². The van der Waals surface area contributed by atoms with Crippen LogP contribution in [0.25, 0.3) is 0 Å². The molecule has 1 amide bonds. The van der Waals surface area contributed by atoms with Gasteiger partial charge in [0.1, 0.15) is 5.82 Å². The van der Waals surface area contributed by atoms with Crippen LogP contribution in [0.1, 0.15) is 32.2 Å². The molecule has 1 heterocycles. The molecule has 0 aliphatic carbocycles. The summed E-state index contributed by atoms with van der Waals surface area (Å²) in [7, 11) is 1.89. The zero-order valence-electron chi connectivity index (χ0n) is 13.7. The highest BCUT2D eigenvalue weighted by molar-refractivity contribution is 7.99. The van der Waals surface area contributed by atoms with E-state index in [1.807, 2.05) is 30.7 Å². The van der Waals surface area contributed by atoms with Crippen LogP contribution in [0, 0.1) is 6.92 Å². The molecule has 0 atom stereocenters. The second-order valence-corrected chi connectivity index (χ2v) is 7.20. The second-order valence-electron chi connectivity index (χ2n) is 6.25. The molecule has 1 N–H and O–H groups in total. The molecule has 5 nitrogen and oxygen atoms in total. The van der Waals surface area contributed by atoms with E-state index in [9.17, 15) is 4.79 Å². The molecular formula is C16H22N4OS. The van der Waals surface area contributed by atoms with Gasteiger partial charge in [0, 0.05) is 12.7 Å². The van der Waals surface area contributed by atoms with Gasteiger partial charge in [0.05, 0.1) is 5.75 Å². The Morgan fingerprint density at radius 1 is 1.23 bits per heavy atom. The third-order valence-electron chi connectivity index (χ3n) is 3.42. The molecule has 0 saturated heterocycles. The molecule has 0 unspecified atom stereocenters. The van der Waals surface area contributed by atoms with Crippen LogP contribution in [0.15, 0.2) is 29.4 Å². The number of benzene rings is 1. The molecule has 0 aliphatic rings. The average Bonchev–Trinajstić information content (AvgIpc) is 2.76. The van der Waals surface area contributed by atoms with Crippen molar-refractivity contribution in [3.8, 4) is 0 Å². The SMILES string of the molecule is Cc1nnc(SCC(=O)Nc2ccc(C(C)(C)C)cc2)n1C. The average molecular weight is 318 g/mol. The standard InChI is InChI=1S/C16H22N4OS/c1-11-18-19-15(20(11)5)22-10-14(21)17-13-8-6-12(7-9-13)16(2,3)4/h6-9H,10H2,1-5H3,(H,17,21). The highest BCUT2D eigenvalue weighted by Gasteiger charge is 2.13. The first-order chi connectivity index (χ1) is 10.3. The van der Waals surface area contributed by atoms with Gasteiger partial charge >= 0.3 is 0 Å². The first-order valence-corrected chi connectivity index (χ1v) is 8.15. The van der Waals surface area contributed by atoms with E-state index in [1.54, 1.807) is 0 Å². The summed E-state index contributed by atoms with van der Waals surface area (Å²) in [5.74, 6) is 1.10. The van der Waals surface area contributed by atoms with Gasteiger partial charge in [-0.1, -0.05) is 44.7 Å². The number of hydrogen-bond acceptors (Lipinski definition) is 4. The maximum atomic E-state index is 12.0. The second kappa shape index (κ2) is 6.52. The molecule has 6 heteroatoms. The summed E-state index contributed by atoms with van der Waals surface area (Å²) in [4.78, 5) is 12.0. The van der Waals surface area contributed by atoms with Crippen LogP contribution >= 0.6 is 11.8 Å². The zero-order valence-corrected chi connectivity index (χ0v) is 14.5. The summed E-state index contributed by atoms with van der Waals surface area (Å²) in [5, 5.41) is 11.6. The number of nitrogens with one attached hydrogen (secondary N) is 1. The molecule has 2 rings (SSSR count). The number of nitrogens with zero attached hydrogens (tertiary/aromatic N) is 3. The van der Waals surface area contributed by atoms with Gasteiger partial charge in [0.15, 0.2) is 5.16 Å². The Hall–Kier alpha value is -1.82. The fourth-order valence-corrected chi connectivity index (χ4v) is 2.65. The lowest BCUT2D eigenvalue weighted by atomic mass is 9.87. The molecule has 1 aromatic heterocycles. The molecule has 0 fully saturated rings. The highest BCUT2D eigenvalue weighted by atomic mass is 32.2. The van der Waals surface area contributed by atoms with Crippen LogP contribution in [-0.4, -0.2) is 26.4 Å². The van der Waals surface area contributed by atoms with Crippen molar-refractivity contribution in [1.82, 2.24) is 14.8 Å². The fourth-order valence-electron chi connectivity index (χ4n) is 1.89. The van der Waals surface area contributed by atoms with Crippen LogP contribution in [0.2, 0.25) is 0 Å². The first kappa shape index (κ1) is 16.5. The number of carbonyl (C=O) groups excluding carboxylic acids is 1. The molecule has 0 aliphatic heterocycles. The van der Waals surface area contributed by atoms with Gasteiger partial charge < -0.3 is 9.88 Å². The van der Waals surface area contributed by atoms with E-state index in [0.29, 0.717) is 5.75 Å². The minimum Gasteiger partial charge on any atom is -0.325 e. The van der Waals surface area contributed by atoms with Crippen LogP contribution < -0.4 is 5.32 Å². The van der Waals surface area contributed by atoms with Gasteiger partial charge in [-0.2, -0.15) is 0 Å². The number of hydrogen-bond donors (Lipinski definition) is 1. The minimum absolute atomic E-state index is 0.0471. The lowest BCUT2D eigenvalue weighted by molar-refractivity contribution is -0.113. The largest absolute Gasteiger partial charge is 0.325 e. The van der Waals surface area contributed by atoms with Crippen LogP contribution in [-0.2, 0) is 17.3 Å². The summed E-state index contributed by atoms with van der Waals surface area (Å²) >= 11 is 1.38. The zero-order chi connectivity index (χ0) is 16.3. The number of aromatic nitrogens is 3. The van der Waals surface area contributed by atoms with E-state index in [-0.39, 0.29) is 11.3 Å². The minimum atomic E-state index is -0.0471. The maximum Gasteiger partial charge on any atom is 0.234 e. The van der Waals surface area contributed by atoms with Gasteiger partial charge in [-0.25, -0.2) is 0 Å². The summed E-state index contributed by atoms with van der Waals surface area (Å²) in [6.45, 7) is 8.38. The van der Waals surface area contributed by atoms with E-state index < -0.39 is 0 Å². The van der Waals surface area contributed by atoms with E-state index >= 15 is 0 Å². The molecule has 2 aromatic rings. The predicted molar refractivity (Wildman–Crippen MR) is 90.2 cm³/mol. The van der Waals surface area contributed by atoms with Gasteiger partial charge in [0.25, 0.3) is 0 Å².